The number of carbonyl (C=O) groups is 3. The first-order valence-electron chi connectivity index (χ1n) is 9.14. The van der Waals surface area contributed by atoms with Crippen LogP contribution in [0.5, 0.6) is 0 Å². The summed E-state index contributed by atoms with van der Waals surface area (Å²) in [7, 11) is 0. The number of anilines is 1. The van der Waals surface area contributed by atoms with Crippen LogP contribution in [0, 0.1) is 13.8 Å². The Hall–Kier alpha value is -4.01. The molecule has 1 heterocycles. The number of carbonyl (C=O) groups excluding carboxylic acids is 3. The molecular formula is C21H20N4O5. The molecule has 0 bridgehead atoms. The molecule has 0 atom stereocenters. The van der Waals surface area contributed by atoms with Gasteiger partial charge in [0.15, 0.2) is 12.3 Å². The summed E-state index contributed by atoms with van der Waals surface area (Å²) >= 11 is 0. The zero-order valence-corrected chi connectivity index (χ0v) is 16.4. The predicted octanol–water partition coefficient (Wildman–Crippen LogP) is 1.45. The minimum Gasteiger partial charge on any atom is -0.451 e. The van der Waals surface area contributed by atoms with Gasteiger partial charge in [0.05, 0.1) is 11.9 Å². The lowest BCUT2D eigenvalue weighted by Gasteiger charge is -2.12. The van der Waals surface area contributed by atoms with Crippen LogP contribution in [0.3, 0.4) is 0 Å². The number of aryl methyl sites for hydroxylation is 2. The highest BCUT2D eigenvalue weighted by Crippen LogP contribution is 2.19. The number of hydrogen-bond donors (Lipinski definition) is 3. The van der Waals surface area contributed by atoms with Gasteiger partial charge in [-0.3, -0.25) is 14.4 Å². The van der Waals surface area contributed by atoms with Crippen molar-refractivity contribution in [1.82, 2.24) is 15.5 Å². The molecule has 1 aromatic heterocycles. The average molecular weight is 408 g/mol. The summed E-state index contributed by atoms with van der Waals surface area (Å²) in [5.74, 6) is -1.91. The average Bonchev–Trinajstić information content (AvgIpc) is 2.73. The highest BCUT2D eigenvalue weighted by Gasteiger charge is 2.17. The molecule has 0 saturated heterocycles. The number of hydrogen-bond acceptors (Lipinski definition) is 6. The molecule has 0 aliphatic rings. The highest BCUT2D eigenvalue weighted by atomic mass is 16.5. The number of amides is 2. The van der Waals surface area contributed by atoms with Gasteiger partial charge in [0.2, 0.25) is 5.91 Å². The molecule has 0 spiro atoms. The summed E-state index contributed by atoms with van der Waals surface area (Å²) in [5, 5.41) is 11.7. The van der Waals surface area contributed by atoms with Crippen molar-refractivity contribution in [1.29, 1.82) is 0 Å². The Labute approximate surface area is 171 Å². The molecule has 3 rings (SSSR count). The Morgan fingerprint density at radius 1 is 0.967 bits per heavy atom. The molecule has 9 heteroatoms. The van der Waals surface area contributed by atoms with Gasteiger partial charge in [-0.15, -0.1) is 0 Å². The largest absolute Gasteiger partial charge is 0.451 e. The zero-order chi connectivity index (χ0) is 21.7. The molecule has 2 amide bonds. The van der Waals surface area contributed by atoms with Crippen LogP contribution in [0.2, 0.25) is 0 Å². The van der Waals surface area contributed by atoms with Gasteiger partial charge < -0.3 is 15.4 Å². The Morgan fingerprint density at radius 2 is 1.63 bits per heavy atom. The SMILES string of the molecule is Cc1cccc(C)c1NC(=O)CNC(=O)COC(=O)c1n[nH]c(=O)c2ccccc12. The summed E-state index contributed by atoms with van der Waals surface area (Å²) in [4.78, 5) is 48.1. The van der Waals surface area contributed by atoms with E-state index in [4.69, 9.17) is 4.74 Å². The van der Waals surface area contributed by atoms with Gasteiger partial charge >= 0.3 is 5.97 Å². The van der Waals surface area contributed by atoms with Crippen molar-refractivity contribution in [2.45, 2.75) is 13.8 Å². The molecule has 0 radical (unpaired) electrons. The molecule has 0 aliphatic carbocycles. The molecule has 9 nitrogen and oxygen atoms in total. The van der Waals surface area contributed by atoms with Crippen molar-refractivity contribution in [2.75, 3.05) is 18.5 Å². The summed E-state index contributed by atoms with van der Waals surface area (Å²) in [6, 6.07) is 12.0. The fourth-order valence-corrected chi connectivity index (χ4v) is 2.89. The number of para-hydroxylation sites is 1. The number of aromatic amines is 1. The lowest BCUT2D eigenvalue weighted by atomic mass is 10.1. The fourth-order valence-electron chi connectivity index (χ4n) is 2.89. The van der Waals surface area contributed by atoms with Crippen LogP contribution in [-0.4, -0.2) is 41.1 Å². The Bertz CT molecular complexity index is 1170. The van der Waals surface area contributed by atoms with Gasteiger partial charge in [0.25, 0.3) is 11.5 Å². The Morgan fingerprint density at radius 3 is 2.33 bits per heavy atom. The van der Waals surface area contributed by atoms with Gasteiger partial charge in [0, 0.05) is 11.1 Å². The standard InChI is InChI=1S/C21H20N4O5/c1-12-6-5-7-13(2)18(12)23-16(26)10-22-17(27)11-30-21(29)19-14-8-3-4-9-15(14)20(28)25-24-19/h3-9H,10-11H2,1-2H3,(H,22,27)(H,23,26)(H,25,28). The maximum atomic E-state index is 12.3. The summed E-state index contributed by atoms with van der Waals surface area (Å²) in [5.41, 5.74) is 1.97. The third-order valence-electron chi connectivity index (χ3n) is 4.42. The Kier molecular flexibility index (Phi) is 6.21. The van der Waals surface area contributed by atoms with Gasteiger partial charge in [-0.1, -0.05) is 36.4 Å². The number of rotatable bonds is 6. The number of nitrogens with zero attached hydrogens (tertiary/aromatic N) is 1. The third-order valence-corrected chi connectivity index (χ3v) is 4.42. The number of esters is 1. The van der Waals surface area contributed by atoms with Crippen LogP contribution < -0.4 is 16.2 Å². The lowest BCUT2D eigenvalue weighted by molar-refractivity contribution is -0.126. The normalized spacial score (nSPS) is 10.5. The number of H-pyrrole nitrogens is 1. The second-order valence-electron chi connectivity index (χ2n) is 6.61. The highest BCUT2D eigenvalue weighted by molar-refractivity contribution is 6.02. The molecule has 0 aliphatic heterocycles. The monoisotopic (exact) mass is 408 g/mol. The summed E-state index contributed by atoms with van der Waals surface area (Å²) in [6.45, 7) is 2.87. The van der Waals surface area contributed by atoms with Crippen molar-refractivity contribution in [3.05, 3.63) is 69.6 Å². The maximum Gasteiger partial charge on any atom is 0.359 e. The van der Waals surface area contributed by atoms with E-state index in [1.807, 2.05) is 32.0 Å². The van der Waals surface area contributed by atoms with Crippen LogP contribution in [0.4, 0.5) is 5.69 Å². The first kappa shape index (κ1) is 20.7. The second kappa shape index (κ2) is 8.99. The maximum absolute atomic E-state index is 12.3. The third kappa shape index (κ3) is 4.69. The minimum atomic E-state index is -0.863. The van der Waals surface area contributed by atoms with Gasteiger partial charge in [0.1, 0.15) is 0 Å². The van der Waals surface area contributed by atoms with Crippen LogP contribution in [0.25, 0.3) is 10.8 Å². The van der Waals surface area contributed by atoms with Crippen LogP contribution in [-0.2, 0) is 14.3 Å². The van der Waals surface area contributed by atoms with Gasteiger partial charge in [-0.2, -0.15) is 5.10 Å². The van der Waals surface area contributed by atoms with Gasteiger partial charge in [-0.05, 0) is 31.0 Å². The molecule has 154 valence electrons. The molecule has 0 unspecified atom stereocenters. The Balaban J connectivity index is 1.54. The first-order chi connectivity index (χ1) is 14.4. The van der Waals surface area contributed by atoms with E-state index in [9.17, 15) is 19.2 Å². The number of aromatic nitrogens is 2. The fraction of sp³-hybridized carbons (Fsp3) is 0.190. The van der Waals surface area contributed by atoms with Crippen molar-refractivity contribution in [3.8, 4) is 0 Å². The van der Waals surface area contributed by atoms with E-state index in [1.165, 1.54) is 0 Å². The molecular weight excluding hydrogens is 388 g/mol. The van der Waals surface area contributed by atoms with Crippen LogP contribution in [0.15, 0.2) is 47.3 Å². The number of fused-ring (bicyclic) bond motifs is 1. The van der Waals surface area contributed by atoms with E-state index in [0.29, 0.717) is 11.1 Å². The van der Waals surface area contributed by atoms with E-state index in [1.54, 1.807) is 24.3 Å². The molecule has 3 aromatic rings. The van der Waals surface area contributed by atoms with E-state index >= 15 is 0 Å². The molecule has 2 aromatic carbocycles. The molecule has 0 saturated carbocycles. The number of nitrogens with one attached hydrogen (secondary N) is 3. The summed E-state index contributed by atoms with van der Waals surface area (Å²) < 4.78 is 4.96. The molecule has 30 heavy (non-hydrogen) atoms. The number of benzene rings is 2. The smallest absolute Gasteiger partial charge is 0.359 e. The van der Waals surface area contributed by atoms with E-state index < -0.39 is 29.9 Å². The topological polar surface area (TPSA) is 130 Å². The first-order valence-corrected chi connectivity index (χ1v) is 9.14. The lowest BCUT2D eigenvalue weighted by Crippen LogP contribution is -2.36. The quantitative estimate of drug-likeness (QED) is 0.529. The van der Waals surface area contributed by atoms with E-state index in [0.717, 1.165) is 11.1 Å². The minimum absolute atomic E-state index is 0.106. The molecule has 3 N–H and O–H groups in total. The van der Waals surface area contributed by atoms with Crippen LogP contribution >= 0.6 is 0 Å². The summed E-state index contributed by atoms with van der Waals surface area (Å²) in [6.07, 6.45) is 0. The molecule has 0 fully saturated rings. The van der Waals surface area contributed by atoms with Crippen molar-refractivity contribution in [3.63, 3.8) is 0 Å². The number of ether oxygens (including phenoxy) is 1. The van der Waals surface area contributed by atoms with Crippen molar-refractivity contribution < 1.29 is 19.1 Å². The zero-order valence-electron chi connectivity index (χ0n) is 16.4. The van der Waals surface area contributed by atoms with Crippen LogP contribution in [0.1, 0.15) is 21.6 Å². The van der Waals surface area contributed by atoms with Crippen molar-refractivity contribution in [2.24, 2.45) is 0 Å². The van der Waals surface area contributed by atoms with Gasteiger partial charge in [-0.25, -0.2) is 9.89 Å². The van der Waals surface area contributed by atoms with E-state index in [-0.39, 0.29) is 17.6 Å². The predicted molar refractivity (Wildman–Crippen MR) is 110 cm³/mol. The van der Waals surface area contributed by atoms with Crippen molar-refractivity contribution >= 4 is 34.2 Å². The second-order valence-corrected chi connectivity index (χ2v) is 6.61. The van der Waals surface area contributed by atoms with E-state index in [2.05, 4.69) is 20.8 Å².